The molecule has 3 N–H and O–H groups in total. The van der Waals surface area contributed by atoms with Gasteiger partial charge in [0.25, 0.3) is 0 Å². The topological polar surface area (TPSA) is 51.0 Å². The number of nitrogens with zero attached hydrogens (tertiary/aromatic N) is 1. The molecule has 0 aromatic heterocycles. The normalized spacial score (nSPS) is 38.6. The highest BCUT2D eigenvalue weighted by Gasteiger charge is 2.26. The molecule has 42 valence electrons. The first kappa shape index (κ1) is 5.03. The zero-order chi connectivity index (χ0) is 5.28. The number of rotatable bonds is 2. The third kappa shape index (κ3) is 1.12. The Balaban J connectivity index is 1.98. The summed E-state index contributed by atoms with van der Waals surface area (Å²) in [6.07, 6.45) is 1.64. The zero-order valence-corrected chi connectivity index (χ0v) is 4.52. The van der Waals surface area contributed by atoms with Crippen LogP contribution in [0.3, 0.4) is 0 Å². The summed E-state index contributed by atoms with van der Waals surface area (Å²) in [7, 11) is 2.01. The fourth-order valence-corrected chi connectivity index (χ4v) is 0.618. The quantitative estimate of drug-likeness (QED) is 0.444. The molecule has 1 aliphatic heterocycles. The summed E-state index contributed by atoms with van der Waals surface area (Å²) < 4.78 is 0. The molecule has 2 atom stereocenters. The highest BCUT2D eigenvalue weighted by atomic mass is 15.7. The van der Waals surface area contributed by atoms with Gasteiger partial charge in [0.2, 0.25) is 0 Å². The predicted molar refractivity (Wildman–Crippen MR) is 28.4 cm³/mol. The number of hydrogen-bond donors (Lipinski definition) is 2. The monoisotopic (exact) mass is 101 g/mol. The van der Waals surface area contributed by atoms with E-state index in [1.807, 2.05) is 12.1 Å². The fraction of sp³-hybridized carbons (Fsp3) is 1.00. The van der Waals surface area contributed by atoms with E-state index in [1.54, 1.807) is 0 Å². The summed E-state index contributed by atoms with van der Waals surface area (Å²) in [5.41, 5.74) is 8.35. The van der Waals surface area contributed by atoms with E-state index in [9.17, 15) is 0 Å². The minimum Gasteiger partial charge on any atom is -0.330 e. The van der Waals surface area contributed by atoms with Crippen molar-refractivity contribution in [3.63, 3.8) is 0 Å². The van der Waals surface area contributed by atoms with E-state index in [4.69, 9.17) is 5.73 Å². The van der Waals surface area contributed by atoms with Crippen LogP contribution in [0.4, 0.5) is 0 Å². The smallest absolute Gasteiger partial charge is 0.0872 e. The maximum Gasteiger partial charge on any atom is 0.0872 e. The molecular formula is C4H11N3. The fourth-order valence-electron chi connectivity index (χ4n) is 0.618. The summed E-state index contributed by atoms with van der Waals surface area (Å²) in [5.74, 6) is 0. The van der Waals surface area contributed by atoms with Crippen LogP contribution >= 0.6 is 0 Å². The van der Waals surface area contributed by atoms with Gasteiger partial charge in [0.05, 0.1) is 6.17 Å². The van der Waals surface area contributed by atoms with E-state index in [0.717, 1.165) is 13.0 Å². The van der Waals surface area contributed by atoms with E-state index >= 15 is 0 Å². The van der Waals surface area contributed by atoms with Crippen LogP contribution < -0.4 is 11.2 Å². The standard InChI is InChI=1S/C4H11N3/c1-7-4(6-7)2-3-5/h4,6H,2-3,5H2,1H3. The van der Waals surface area contributed by atoms with E-state index in [-0.39, 0.29) is 0 Å². The van der Waals surface area contributed by atoms with Gasteiger partial charge >= 0.3 is 0 Å². The van der Waals surface area contributed by atoms with Crippen molar-refractivity contribution in [2.75, 3.05) is 13.6 Å². The maximum atomic E-state index is 5.26. The molecule has 1 rings (SSSR count). The maximum absolute atomic E-state index is 5.26. The number of nitrogens with one attached hydrogen (secondary N) is 1. The van der Waals surface area contributed by atoms with Gasteiger partial charge in [-0.2, -0.15) is 0 Å². The van der Waals surface area contributed by atoms with Crippen molar-refractivity contribution in [3.8, 4) is 0 Å². The Labute approximate surface area is 43.4 Å². The predicted octanol–water partition coefficient (Wildman–Crippen LogP) is -0.889. The molecule has 1 saturated heterocycles. The first-order chi connectivity index (χ1) is 3.34. The molecular weight excluding hydrogens is 90.1 g/mol. The Morgan fingerprint density at radius 1 is 1.86 bits per heavy atom. The molecule has 0 aromatic rings. The van der Waals surface area contributed by atoms with Crippen LogP contribution in [-0.4, -0.2) is 24.8 Å². The molecule has 0 aromatic carbocycles. The zero-order valence-electron chi connectivity index (χ0n) is 4.52. The third-order valence-electron chi connectivity index (χ3n) is 1.19. The molecule has 0 saturated carbocycles. The van der Waals surface area contributed by atoms with Gasteiger partial charge in [-0.3, -0.25) is 0 Å². The molecule has 0 aliphatic carbocycles. The van der Waals surface area contributed by atoms with Gasteiger partial charge in [-0.15, -0.1) is 0 Å². The van der Waals surface area contributed by atoms with Crippen LogP contribution in [0.25, 0.3) is 0 Å². The Kier molecular flexibility index (Phi) is 1.27. The van der Waals surface area contributed by atoms with Gasteiger partial charge in [0.15, 0.2) is 0 Å². The van der Waals surface area contributed by atoms with Crippen LogP contribution in [0.5, 0.6) is 0 Å². The van der Waals surface area contributed by atoms with Gasteiger partial charge in [0.1, 0.15) is 0 Å². The van der Waals surface area contributed by atoms with Gasteiger partial charge in [-0.25, -0.2) is 10.4 Å². The Hall–Kier alpha value is -0.120. The molecule has 1 heterocycles. The van der Waals surface area contributed by atoms with Crippen LogP contribution in [0.15, 0.2) is 0 Å². The lowest BCUT2D eigenvalue weighted by atomic mass is 10.4. The lowest BCUT2D eigenvalue weighted by Gasteiger charge is -1.85. The van der Waals surface area contributed by atoms with Crippen molar-refractivity contribution in [2.45, 2.75) is 12.6 Å². The SMILES string of the molecule is CN1NC1CCN. The average Bonchev–Trinajstić information content (AvgIpc) is 2.22. The highest BCUT2D eigenvalue weighted by Crippen LogP contribution is 2.06. The van der Waals surface area contributed by atoms with Crippen LogP contribution in [0.2, 0.25) is 0 Å². The van der Waals surface area contributed by atoms with Gasteiger partial charge in [0, 0.05) is 7.05 Å². The third-order valence-corrected chi connectivity index (χ3v) is 1.19. The van der Waals surface area contributed by atoms with Crippen molar-refractivity contribution in [3.05, 3.63) is 0 Å². The Bertz CT molecular complexity index is 64.0. The molecule has 0 bridgehead atoms. The van der Waals surface area contributed by atoms with Crippen LogP contribution in [0, 0.1) is 0 Å². The van der Waals surface area contributed by atoms with Gasteiger partial charge in [-0.05, 0) is 13.0 Å². The van der Waals surface area contributed by atoms with Gasteiger partial charge in [-0.1, -0.05) is 0 Å². The summed E-state index contributed by atoms with van der Waals surface area (Å²) in [4.78, 5) is 0. The molecule has 2 unspecified atom stereocenters. The Morgan fingerprint density at radius 2 is 2.43 bits per heavy atom. The molecule has 0 radical (unpaired) electrons. The highest BCUT2D eigenvalue weighted by molar-refractivity contribution is 4.73. The van der Waals surface area contributed by atoms with Crippen LogP contribution in [0.1, 0.15) is 6.42 Å². The molecule has 3 nitrogen and oxygen atoms in total. The van der Waals surface area contributed by atoms with Crippen molar-refractivity contribution in [1.82, 2.24) is 10.4 Å². The number of hydrogen-bond acceptors (Lipinski definition) is 3. The van der Waals surface area contributed by atoms with E-state index in [1.165, 1.54) is 0 Å². The van der Waals surface area contributed by atoms with Gasteiger partial charge < -0.3 is 5.73 Å². The first-order valence-corrected chi connectivity index (χ1v) is 2.53. The molecule has 3 heteroatoms. The molecule has 0 spiro atoms. The van der Waals surface area contributed by atoms with Crippen molar-refractivity contribution in [2.24, 2.45) is 5.73 Å². The average molecular weight is 101 g/mol. The van der Waals surface area contributed by atoms with Crippen LogP contribution in [-0.2, 0) is 0 Å². The molecule has 0 amide bonds. The second-order valence-electron chi connectivity index (χ2n) is 1.83. The minimum atomic E-state index is 0.574. The van der Waals surface area contributed by atoms with E-state index < -0.39 is 0 Å². The Morgan fingerprint density at radius 3 is 2.57 bits per heavy atom. The van der Waals surface area contributed by atoms with Crippen molar-refractivity contribution < 1.29 is 0 Å². The number of nitrogens with two attached hydrogens (primary N) is 1. The number of hydrazine groups is 1. The lowest BCUT2D eigenvalue weighted by molar-refractivity contribution is 0.573. The van der Waals surface area contributed by atoms with E-state index in [0.29, 0.717) is 6.17 Å². The minimum absolute atomic E-state index is 0.574. The largest absolute Gasteiger partial charge is 0.330 e. The lowest BCUT2D eigenvalue weighted by Crippen LogP contribution is -2.05. The summed E-state index contributed by atoms with van der Waals surface area (Å²) in [6.45, 7) is 0.780. The summed E-state index contributed by atoms with van der Waals surface area (Å²) in [6, 6.07) is 0. The van der Waals surface area contributed by atoms with Crippen molar-refractivity contribution >= 4 is 0 Å². The second kappa shape index (κ2) is 1.78. The van der Waals surface area contributed by atoms with E-state index in [2.05, 4.69) is 5.43 Å². The first-order valence-electron chi connectivity index (χ1n) is 2.53. The second-order valence-corrected chi connectivity index (χ2v) is 1.83. The molecule has 1 fully saturated rings. The molecule has 7 heavy (non-hydrogen) atoms. The summed E-state index contributed by atoms with van der Waals surface area (Å²) >= 11 is 0. The molecule has 1 aliphatic rings. The summed E-state index contributed by atoms with van der Waals surface area (Å²) in [5, 5.41) is 2.05. The van der Waals surface area contributed by atoms with Crippen molar-refractivity contribution in [1.29, 1.82) is 0 Å².